The van der Waals surface area contributed by atoms with E-state index in [0.29, 0.717) is 27.3 Å². The van der Waals surface area contributed by atoms with E-state index in [9.17, 15) is 14.9 Å². The number of ether oxygens (including phenoxy) is 1. The van der Waals surface area contributed by atoms with Gasteiger partial charge >= 0.3 is 0 Å². The second-order valence-electron chi connectivity index (χ2n) is 8.59. The highest BCUT2D eigenvalue weighted by atomic mass is 32.2. The summed E-state index contributed by atoms with van der Waals surface area (Å²) in [5.41, 5.74) is 3.97. The Hall–Kier alpha value is -4.57. The number of nitrogens with zero attached hydrogens (tertiary/aromatic N) is 4. The number of amides is 1. The number of nitro benzene ring substituents is 1. The Morgan fingerprint density at radius 2 is 1.89 bits per heavy atom. The lowest BCUT2D eigenvalue weighted by Gasteiger charge is -2.14. The maximum atomic E-state index is 13.5. The topological polar surface area (TPSA) is 103 Å². The van der Waals surface area contributed by atoms with Crippen LogP contribution in [-0.4, -0.2) is 32.6 Å². The molecule has 5 rings (SSSR count). The summed E-state index contributed by atoms with van der Waals surface area (Å²) < 4.78 is 12.9. The number of non-ortho nitro benzene ring substituents is 1. The fourth-order valence-corrected chi connectivity index (χ4v) is 5.30. The highest BCUT2D eigenvalue weighted by molar-refractivity contribution is 8.18. The summed E-state index contributed by atoms with van der Waals surface area (Å²) in [4.78, 5) is 31.2. The van der Waals surface area contributed by atoms with Gasteiger partial charge in [0, 0.05) is 17.5 Å². The van der Waals surface area contributed by atoms with Crippen molar-refractivity contribution < 1.29 is 18.9 Å². The molecule has 0 saturated carbocycles. The lowest BCUT2D eigenvalue weighted by Crippen LogP contribution is -2.28. The molecule has 9 nitrogen and oxygen atoms in total. The van der Waals surface area contributed by atoms with Crippen LogP contribution >= 0.6 is 11.8 Å². The van der Waals surface area contributed by atoms with Crippen molar-refractivity contribution >= 4 is 40.3 Å². The Labute approximate surface area is 223 Å². The van der Waals surface area contributed by atoms with Crippen LogP contribution in [-0.2, 0) is 11.3 Å². The Morgan fingerprint density at radius 3 is 2.58 bits per heavy atom. The first-order valence-corrected chi connectivity index (χ1v) is 12.6. The number of aliphatic imine (C=N–C) groups is 1. The zero-order valence-corrected chi connectivity index (χ0v) is 21.8. The molecule has 0 aliphatic carbocycles. The fourth-order valence-electron chi connectivity index (χ4n) is 4.31. The summed E-state index contributed by atoms with van der Waals surface area (Å²) in [6, 6.07) is 19.6. The van der Waals surface area contributed by atoms with Crippen LogP contribution in [0.5, 0.6) is 5.75 Å². The molecular formula is C28H24N4O5S. The maximum Gasteiger partial charge on any atom is 0.273 e. The standard InChI is InChI=1S/C28H24N4O5S/c1-18-14-20(19(2)31(18)24-12-11-22(32(34)35)16-25(24)36-3)15-26-27(33)30(17-23-10-7-13-37-23)28(38-26)29-21-8-5-4-6-9-21/h4-16H,17H2,1-3H3/b26-15-,29-28?. The largest absolute Gasteiger partial charge is 0.494 e. The van der Waals surface area contributed by atoms with E-state index < -0.39 is 4.92 Å². The number of rotatable bonds is 7. The second kappa shape index (κ2) is 10.4. The molecule has 2 aromatic heterocycles. The smallest absolute Gasteiger partial charge is 0.273 e. The number of para-hydroxylation sites is 1. The number of amidine groups is 1. The van der Waals surface area contributed by atoms with Gasteiger partial charge in [-0.2, -0.15) is 0 Å². The number of aromatic nitrogens is 1. The molecule has 0 unspecified atom stereocenters. The van der Waals surface area contributed by atoms with Gasteiger partial charge < -0.3 is 13.7 Å². The van der Waals surface area contributed by atoms with Crippen molar-refractivity contribution in [1.82, 2.24) is 9.47 Å². The zero-order valence-electron chi connectivity index (χ0n) is 21.0. The molecule has 0 atom stereocenters. The number of carbonyl (C=O) groups is 1. The minimum absolute atomic E-state index is 0.0507. The summed E-state index contributed by atoms with van der Waals surface area (Å²) in [5.74, 6) is 0.872. The quantitative estimate of drug-likeness (QED) is 0.156. The molecular weight excluding hydrogens is 504 g/mol. The van der Waals surface area contributed by atoms with Gasteiger partial charge in [0.1, 0.15) is 11.5 Å². The molecule has 2 aromatic carbocycles. The van der Waals surface area contributed by atoms with Crippen LogP contribution in [0.4, 0.5) is 11.4 Å². The first-order chi connectivity index (χ1) is 18.4. The number of methoxy groups -OCH3 is 1. The third-order valence-electron chi connectivity index (χ3n) is 6.13. The van der Waals surface area contributed by atoms with Crippen molar-refractivity contribution in [2.45, 2.75) is 20.4 Å². The number of hydrogen-bond acceptors (Lipinski definition) is 7. The van der Waals surface area contributed by atoms with Crippen LogP contribution in [0.15, 0.2) is 87.3 Å². The van der Waals surface area contributed by atoms with Crippen LogP contribution in [0.1, 0.15) is 22.7 Å². The van der Waals surface area contributed by atoms with Crippen LogP contribution in [0.25, 0.3) is 11.8 Å². The van der Waals surface area contributed by atoms with Crippen LogP contribution < -0.4 is 4.74 Å². The number of nitro groups is 1. The number of thioether (sulfide) groups is 1. The average molecular weight is 529 g/mol. The second-order valence-corrected chi connectivity index (χ2v) is 9.60. The van der Waals surface area contributed by atoms with E-state index in [2.05, 4.69) is 0 Å². The molecule has 1 aliphatic rings. The number of hydrogen-bond donors (Lipinski definition) is 0. The van der Waals surface area contributed by atoms with E-state index in [1.54, 1.807) is 23.3 Å². The lowest BCUT2D eigenvalue weighted by atomic mass is 10.2. The van der Waals surface area contributed by atoms with Crippen molar-refractivity contribution in [2.75, 3.05) is 7.11 Å². The highest BCUT2D eigenvalue weighted by Gasteiger charge is 2.34. The van der Waals surface area contributed by atoms with Crippen molar-refractivity contribution in [3.05, 3.63) is 111 Å². The molecule has 38 heavy (non-hydrogen) atoms. The molecule has 192 valence electrons. The van der Waals surface area contributed by atoms with Crippen molar-refractivity contribution in [3.8, 4) is 11.4 Å². The van der Waals surface area contributed by atoms with Gasteiger partial charge in [0.05, 0.1) is 47.2 Å². The normalized spacial score (nSPS) is 15.6. The zero-order chi connectivity index (χ0) is 26.8. The van der Waals surface area contributed by atoms with Crippen molar-refractivity contribution in [1.29, 1.82) is 0 Å². The number of benzene rings is 2. The molecule has 0 N–H and O–H groups in total. The summed E-state index contributed by atoms with van der Waals surface area (Å²) >= 11 is 1.31. The molecule has 0 radical (unpaired) electrons. The molecule has 3 heterocycles. The van der Waals surface area contributed by atoms with Crippen molar-refractivity contribution in [2.24, 2.45) is 4.99 Å². The number of furan rings is 1. The van der Waals surface area contributed by atoms with Crippen molar-refractivity contribution in [3.63, 3.8) is 0 Å². The molecule has 1 saturated heterocycles. The summed E-state index contributed by atoms with van der Waals surface area (Å²) in [5, 5.41) is 11.8. The van der Waals surface area contributed by atoms with Gasteiger partial charge in [-0.15, -0.1) is 0 Å². The lowest BCUT2D eigenvalue weighted by molar-refractivity contribution is -0.384. The monoisotopic (exact) mass is 528 g/mol. The molecule has 1 amide bonds. The van der Waals surface area contributed by atoms with Gasteiger partial charge in [0.2, 0.25) is 0 Å². The van der Waals surface area contributed by atoms with Gasteiger partial charge in [-0.25, -0.2) is 4.99 Å². The highest BCUT2D eigenvalue weighted by Crippen LogP contribution is 2.37. The van der Waals surface area contributed by atoms with Crippen LogP contribution in [0.3, 0.4) is 0 Å². The number of aryl methyl sites for hydroxylation is 1. The molecule has 0 bridgehead atoms. The maximum absolute atomic E-state index is 13.5. The summed E-state index contributed by atoms with van der Waals surface area (Å²) in [7, 11) is 1.48. The molecule has 4 aromatic rings. The SMILES string of the molecule is COc1cc([N+](=O)[O-])ccc1-n1c(C)cc(/C=C2\SC(=Nc3ccccc3)N(Cc3ccco3)C2=O)c1C. The summed E-state index contributed by atoms with van der Waals surface area (Å²) in [6.45, 7) is 4.13. The third kappa shape index (κ3) is 4.85. The average Bonchev–Trinajstić information content (AvgIpc) is 3.60. The van der Waals surface area contributed by atoms with E-state index >= 15 is 0 Å². The Morgan fingerprint density at radius 1 is 1.11 bits per heavy atom. The fraction of sp³-hybridized carbons (Fsp3) is 0.143. The van der Waals surface area contributed by atoms with Gasteiger partial charge in [-0.05, 0) is 73.6 Å². The minimum Gasteiger partial charge on any atom is -0.494 e. The van der Waals surface area contributed by atoms with E-state index in [-0.39, 0.29) is 18.1 Å². The van der Waals surface area contributed by atoms with Gasteiger partial charge in [-0.3, -0.25) is 19.8 Å². The van der Waals surface area contributed by atoms with Gasteiger partial charge in [0.15, 0.2) is 5.17 Å². The Kier molecular flexibility index (Phi) is 6.89. The first kappa shape index (κ1) is 25.1. The number of carbonyl (C=O) groups excluding carboxylic acids is 1. The first-order valence-electron chi connectivity index (χ1n) is 11.7. The van der Waals surface area contributed by atoms with E-state index in [0.717, 1.165) is 22.6 Å². The Bertz CT molecular complexity index is 1570. The van der Waals surface area contributed by atoms with E-state index in [1.807, 2.05) is 67.0 Å². The molecule has 1 fully saturated rings. The predicted octanol–water partition coefficient (Wildman–Crippen LogP) is 6.41. The van der Waals surface area contributed by atoms with Crippen LogP contribution in [0, 0.1) is 24.0 Å². The Balaban J connectivity index is 1.53. The minimum atomic E-state index is -0.455. The summed E-state index contributed by atoms with van der Waals surface area (Å²) in [6.07, 6.45) is 3.43. The van der Waals surface area contributed by atoms with E-state index in [4.69, 9.17) is 14.1 Å². The van der Waals surface area contributed by atoms with Gasteiger partial charge in [0.25, 0.3) is 11.6 Å². The molecule has 1 aliphatic heterocycles. The predicted molar refractivity (Wildman–Crippen MR) is 147 cm³/mol. The van der Waals surface area contributed by atoms with Crippen LogP contribution in [0.2, 0.25) is 0 Å². The van der Waals surface area contributed by atoms with Gasteiger partial charge in [-0.1, -0.05) is 18.2 Å². The molecule has 10 heteroatoms. The van der Waals surface area contributed by atoms with E-state index in [1.165, 1.54) is 31.0 Å². The molecule has 0 spiro atoms. The third-order valence-corrected chi connectivity index (χ3v) is 7.14.